The van der Waals surface area contributed by atoms with Gasteiger partial charge in [0, 0.05) is 12.6 Å². The molecule has 0 aliphatic rings. The minimum atomic E-state index is -1.19. The van der Waals surface area contributed by atoms with Gasteiger partial charge in [0.05, 0.1) is 30.9 Å². The zero-order valence-electron chi connectivity index (χ0n) is 8.96. The molecule has 6 heteroatoms. The van der Waals surface area contributed by atoms with E-state index in [0.717, 1.165) is 0 Å². The van der Waals surface area contributed by atoms with Crippen molar-refractivity contribution in [2.24, 2.45) is 5.73 Å². The van der Waals surface area contributed by atoms with E-state index in [-0.39, 0.29) is 28.6 Å². The highest BCUT2D eigenvalue weighted by molar-refractivity contribution is 6.31. The summed E-state index contributed by atoms with van der Waals surface area (Å²) in [4.78, 5) is 0. The number of benzene rings is 1. The van der Waals surface area contributed by atoms with Crippen molar-refractivity contribution in [3.63, 3.8) is 0 Å². The van der Waals surface area contributed by atoms with Crippen molar-refractivity contribution in [3.05, 3.63) is 22.5 Å². The highest BCUT2D eigenvalue weighted by atomic mass is 35.5. The van der Waals surface area contributed by atoms with Crippen LogP contribution in [0.2, 0.25) is 5.02 Å². The number of ether oxygens (including phenoxy) is 2. The summed E-state index contributed by atoms with van der Waals surface area (Å²) < 4.78 is 23.7. The number of hydrogen-bond donors (Lipinski definition) is 2. The zero-order valence-corrected chi connectivity index (χ0v) is 9.71. The van der Waals surface area contributed by atoms with Crippen LogP contribution in [-0.4, -0.2) is 25.9 Å². The fraction of sp³-hybridized carbons (Fsp3) is 0.400. The molecule has 0 saturated carbocycles. The molecule has 0 amide bonds. The molecule has 0 aromatic heterocycles. The summed E-state index contributed by atoms with van der Waals surface area (Å²) in [6.45, 7) is -0.142. The van der Waals surface area contributed by atoms with Crippen molar-refractivity contribution in [3.8, 4) is 11.5 Å². The van der Waals surface area contributed by atoms with Crippen molar-refractivity contribution in [1.82, 2.24) is 0 Å². The first kappa shape index (κ1) is 13.0. The second-order valence-electron chi connectivity index (χ2n) is 3.07. The van der Waals surface area contributed by atoms with Gasteiger partial charge < -0.3 is 20.3 Å². The predicted octanol–water partition coefficient (Wildman–Crippen LogP) is 1.49. The Morgan fingerprint density at radius 3 is 2.56 bits per heavy atom. The maximum atomic E-state index is 13.7. The SMILES string of the molecule is COc1cc(Cl)c(F)c(C(O)CN)c1OC. The highest BCUT2D eigenvalue weighted by Gasteiger charge is 2.23. The van der Waals surface area contributed by atoms with Crippen LogP contribution < -0.4 is 15.2 Å². The quantitative estimate of drug-likeness (QED) is 0.849. The van der Waals surface area contributed by atoms with Crippen LogP contribution in [0.25, 0.3) is 0 Å². The zero-order chi connectivity index (χ0) is 12.3. The minimum Gasteiger partial charge on any atom is -0.493 e. The maximum absolute atomic E-state index is 13.7. The Kier molecular flexibility index (Phi) is 4.35. The molecule has 1 aromatic rings. The average Bonchev–Trinajstić information content (AvgIpc) is 2.30. The third kappa shape index (κ3) is 2.21. The molecular weight excluding hydrogens is 237 g/mol. The van der Waals surface area contributed by atoms with Crippen LogP contribution in [0.15, 0.2) is 6.07 Å². The number of aliphatic hydroxyl groups is 1. The van der Waals surface area contributed by atoms with Gasteiger partial charge in [-0.15, -0.1) is 0 Å². The fourth-order valence-corrected chi connectivity index (χ4v) is 1.58. The van der Waals surface area contributed by atoms with Crippen molar-refractivity contribution in [2.75, 3.05) is 20.8 Å². The van der Waals surface area contributed by atoms with Crippen molar-refractivity contribution in [2.45, 2.75) is 6.10 Å². The van der Waals surface area contributed by atoms with Gasteiger partial charge in [-0.2, -0.15) is 0 Å². The Labute approximate surface area is 97.7 Å². The van der Waals surface area contributed by atoms with E-state index in [4.69, 9.17) is 26.8 Å². The summed E-state index contributed by atoms with van der Waals surface area (Å²) in [6, 6.07) is 1.28. The summed E-state index contributed by atoms with van der Waals surface area (Å²) in [6.07, 6.45) is -1.19. The molecule has 0 heterocycles. The van der Waals surface area contributed by atoms with E-state index in [0.29, 0.717) is 0 Å². The third-order valence-electron chi connectivity index (χ3n) is 2.15. The van der Waals surface area contributed by atoms with Gasteiger partial charge in [-0.1, -0.05) is 11.6 Å². The molecule has 1 aromatic carbocycles. The Balaban J connectivity index is 3.46. The molecule has 1 unspecified atom stereocenters. The van der Waals surface area contributed by atoms with Gasteiger partial charge in [-0.3, -0.25) is 0 Å². The minimum absolute atomic E-state index is 0.0886. The van der Waals surface area contributed by atoms with Gasteiger partial charge in [0.2, 0.25) is 0 Å². The second kappa shape index (κ2) is 5.34. The number of nitrogens with two attached hydrogens (primary N) is 1. The monoisotopic (exact) mass is 249 g/mol. The normalized spacial score (nSPS) is 12.4. The van der Waals surface area contributed by atoms with E-state index >= 15 is 0 Å². The number of hydrogen-bond acceptors (Lipinski definition) is 4. The van der Waals surface area contributed by atoms with Gasteiger partial charge in [0.25, 0.3) is 0 Å². The lowest BCUT2D eigenvalue weighted by Gasteiger charge is -2.17. The molecule has 0 bridgehead atoms. The molecule has 4 nitrogen and oxygen atoms in total. The molecule has 0 aliphatic carbocycles. The van der Waals surface area contributed by atoms with Crippen LogP contribution in [0.1, 0.15) is 11.7 Å². The van der Waals surface area contributed by atoms with Crippen molar-refractivity contribution < 1.29 is 19.0 Å². The molecule has 90 valence electrons. The largest absolute Gasteiger partial charge is 0.493 e. The number of rotatable bonds is 4. The molecule has 0 spiro atoms. The van der Waals surface area contributed by atoms with Crippen molar-refractivity contribution >= 4 is 11.6 Å². The van der Waals surface area contributed by atoms with E-state index in [9.17, 15) is 9.50 Å². The van der Waals surface area contributed by atoms with E-state index in [1.165, 1.54) is 20.3 Å². The highest BCUT2D eigenvalue weighted by Crippen LogP contribution is 2.40. The lowest BCUT2D eigenvalue weighted by molar-refractivity contribution is 0.175. The molecular formula is C10H13ClFNO3. The molecule has 0 radical (unpaired) electrons. The van der Waals surface area contributed by atoms with Crippen LogP contribution in [0.3, 0.4) is 0 Å². The van der Waals surface area contributed by atoms with Gasteiger partial charge >= 0.3 is 0 Å². The van der Waals surface area contributed by atoms with Crippen molar-refractivity contribution in [1.29, 1.82) is 0 Å². The van der Waals surface area contributed by atoms with Gasteiger partial charge in [0.1, 0.15) is 0 Å². The summed E-state index contributed by atoms with van der Waals surface area (Å²) in [5.41, 5.74) is 5.19. The summed E-state index contributed by atoms with van der Waals surface area (Å²) in [5.74, 6) is -0.406. The van der Waals surface area contributed by atoms with E-state index in [2.05, 4.69) is 0 Å². The van der Waals surface area contributed by atoms with Crippen LogP contribution in [-0.2, 0) is 0 Å². The maximum Gasteiger partial charge on any atom is 0.169 e. The first-order valence-electron chi connectivity index (χ1n) is 4.54. The van der Waals surface area contributed by atoms with Crippen LogP contribution in [0, 0.1) is 5.82 Å². The first-order valence-corrected chi connectivity index (χ1v) is 4.92. The lowest BCUT2D eigenvalue weighted by Crippen LogP contribution is -2.15. The van der Waals surface area contributed by atoms with Crippen LogP contribution in [0.4, 0.5) is 4.39 Å². The average molecular weight is 250 g/mol. The Hall–Kier alpha value is -1.04. The molecule has 1 rings (SSSR count). The fourth-order valence-electron chi connectivity index (χ4n) is 1.38. The molecule has 16 heavy (non-hydrogen) atoms. The van der Waals surface area contributed by atoms with Gasteiger partial charge in [-0.25, -0.2) is 4.39 Å². The number of aliphatic hydroxyl groups excluding tert-OH is 1. The predicted molar refractivity (Wildman–Crippen MR) is 58.5 cm³/mol. The topological polar surface area (TPSA) is 64.7 Å². The summed E-state index contributed by atoms with van der Waals surface area (Å²) >= 11 is 5.67. The van der Waals surface area contributed by atoms with E-state index in [1.54, 1.807) is 0 Å². The number of methoxy groups -OCH3 is 2. The Bertz CT molecular complexity index is 387. The van der Waals surface area contributed by atoms with Gasteiger partial charge in [0.15, 0.2) is 17.3 Å². The van der Waals surface area contributed by atoms with E-state index in [1.807, 2.05) is 0 Å². The molecule has 0 saturated heterocycles. The van der Waals surface area contributed by atoms with Crippen LogP contribution >= 0.6 is 11.6 Å². The molecule has 3 N–H and O–H groups in total. The lowest BCUT2D eigenvalue weighted by atomic mass is 10.1. The third-order valence-corrected chi connectivity index (χ3v) is 2.43. The second-order valence-corrected chi connectivity index (χ2v) is 3.48. The first-order chi connectivity index (χ1) is 7.56. The van der Waals surface area contributed by atoms with Crippen LogP contribution in [0.5, 0.6) is 11.5 Å². The summed E-state index contributed by atoms with van der Waals surface area (Å²) in [7, 11) is 2.74. The Morgan fingerprint density at radius 1 is 1.50 bits per heavy atom. The molecule has 0 aliphatic heterocycles. The molecule has 0 fully saturated rings. The summed E-state index contributed by atoms with van der Waals surface area (Å²) in [5, 5.41) is 9.45. The Morgan fingerprint density at radius 2 is 2.12 bits per heavy atom. The smallest absolute Gasteiger partial charge is 0.169 e. The van der Waals surface area contributed by atoms with Gasteiger partial charge in [-0.05, 0) is 0 Å². The van der Waals surface area contributed by atoms with E-state index < -0.39 is 11.9 Å². The standard InChI is InChI=1S/C10H13ClFNO3/c1-15-7-3-5(11)9(12)8(6(14)4-13)10(7)16-2/h3,6,14H,4,13H2,1-2H3. The number of halogens is 2. The molecule has 1 atom stereocenters.